The minimum Gasteiger partial charge on any atom is -0.383 e. The number of ether oxygens (including phenoxy) is 1. The number of rotatable bonds is 6. The van der Waals surface area contributed by atoms with E-state index < -0.39 is 16.7 Å². The maximum absolute atomic E-state index is 13.0. The normalized spacial score (nSPS) is 13.6. The van der Waals surface area contributed by atoms with Gasteiger partial charge in [-0.3, -0.25) is 19.7 Å². The molecule has 1 aromatic heterocycles. The zero-order chi connectivity index (χ0) is 22.3. The van der Waals surface area contributed by atoms with Gasteiger partial charge in [0.1, 0.15) is 0 Å². The van der Waals surface area contributed by atoms with Gasteiger partial charge in [-0.15, -0.1) is 0 Å². The fourth-order valence-corrected chi connectivity index (χ4v) is 3.94. The Labute approximate surface area is 177 Å². The van der Waals surface area contributed by atoms with E-state index in [4.69, 9.17) is 4.74 Å². The molecule has 0 N–H and O–H groups in total. The lowest BCUT2D eigenvalue weighted by molar-refractivity contribution is -0.383. The fourth-order valence-electron chi connectivity index (χ4n) is 3.94. The van der Waals surface area contributed by atoms with Gasteiger partial charge in [-0.05, 0) is 38.1 Å². The summed E-state index contributed by atoms with van der Waals surface area (Å²) in [6.07, 6.45) is 1.48. The van der Waals surface area contributed by atoms with E-state index in [0.29, 0.717) is 13.2 Å². The Balaban J connectivity index is 1.74. The second kappa shape index (κ2) is 7.77. The predicted octanol–water partition coefficient (Wildman–Crippen LogP) is 3.44. The minimum atomic E-state index is -0.618. The molecular formula is C22H20N4O5. The zero-order valence-electron chi connectivity index (χ0n) is 17.3. The number of nitro groups is 1. The van der Waals surface area contributed by atoms with Gasteiger partial charge >= 0.3 is 0 Å². The SMILES string of the molecule is COCCn1c(C)cc(C=NN2C(=O)c3cccc4c([N+](=O)[O-])ccc(c34)C2=O)c1C. The topological polar surface area (TPSA) is 107 Å². The first-order valence-electron chi connectivity index (χ1n) is 9.63. The molecule has 31 heavy (non-hydrogen) atoms. The number of methoxy groups -OCH3 is 1. The van der Waals surface area contributed by atoms with Crippen LogP contribution in [-0.2, 0) is 11.3 Å². The Bertz CT molecular complexity index is 1250. The van der Waals surface area contributed by atoms with Crippen LogP contribution in [0.25, 0.3) is 10.8 Å². The van der Waals surface area contributed by atoms with E-state index in [0.717, 1.165) is 22.0 Å². The molecule has 0 atom stereocenters. The van der Waals surface area contributed by atoms with Crippen LogP contribution < -0.4 is 0 Å². The third-order valence-electron chi connectivity index (χ3n) is 5.50. The third-order valence-corrected chi connectivity index (χ3v) is 5.50. The maximum atomic E-state index is 13.0. The van der Waals surface area contributed by atoms with Crippen molar-refractivity contribution in [2.45, 2.75) is 20.4 Å². The molecule has 1 aliphatic heterocycles. The molecule has 0 bridgehead atoms. The summed E-state index contributed by atoms with van der Waals surface area (Å²) in [7, 11) is 1.64. The number of hydrazone groups is 1. The summed E-state index contributed by atoms with van der Waals surface area (Å²) >= 11 is 0. The highest BCUT2D eigenvalue weighted by atomic mass is 16.6. The first-order valence-corrected chi connectivity index (χ1v) is 9.63. The van der Waals surface area contributed by atoms with Gasteiger partial charge in [-0.1, -0.05) is 6.07 Å². The number of nitro benzene ring substituents is 1. The average Bonchev–Trinajstić information content (AvgIpc) is 3.02. The number of carbonyl (C=O) groups is 2. The van der Waals surface area contributed by atoms with Crippen LogP contribution in [0.4, 0.5) is 5.69 Å². The Hall–Kier alpha value is -3.85. The number of hydrogen-bond donors (Lipinski definition) is 0. The second-order valence-corrected chi connectivity index (χ2v) is 7.26. The minimum absolute atomic E-state index is 0.151. The first kappa shape index (κ1) is 20.4. The summed E-state index contributed by atoms with van der Waals surface area (Å²) in [5.74, 6) is -1.24. The Morgan fingerprint density at radius 1 is 1.13 bits per heavy atom. The number of hydrogen-bond acceptors (Lipinski definition) is 6. The Kier molecular flexibility index (Phi) is 5.12. The molecule has 0 aliphatic carbocycles. The lowest BCUT2D eigenvalue weighted by atomic mass is 9.94. The number of nitrogens with zero attached hydrogens (tertiary/aromatic N) is 4. The summed E-state index contributed by atoms with van der Waals surface area (Å²) in [5.41, 5.74) is 2.99. The van der Waals surface area contributed by atoms with Crippen LogP contribution in [0.5, 0.6) is 0 Å². The maximum Gasteiger partial charge on any atom is 0.282 e. The number of amides is 2. The van der Waals surface area contributed by atoms with Crippen LogP contribution in [-0.4, -0.2) is 46.2 Å². The summed E-state index contributed by atoms with van der Waals surface area (Å²) in [6.45, 7) is 5.13. The molecular weight excluding hydrogens is 400 g/mol. The van der Waals surface area contributed by atoms with Crippen LogP contribution >= 0.6 is 0 Å². The van der Waals surface area contributed by atoms with Crippen molar-refractivity contribution in [3.05, 3.63) is 74.6 Å². The largest absolute Gasteiger partial charge is 0.383 e. The van der Waals surface area contributed by atoms with Gasteiger partial charge in [0.15, 0.2) is 0 Å². The predicted molar refractivity (Wildman–Crippen MR) is 114 cm³/mol. The lowest BCUT2D eigenvalue weighted by Gasteiger charge is -2.22. The molecule has 0 unspecified atom stereocenters. The van der Waals surface area contributed by atoms with Crippen molar-refractivity contribution in [3.63, 3.8) is 0 Å². The van der Waals surface area contributed by atoms with E-state index in [1.807, 2.05) is 19.9 Å². The zero-order valence-corrected chi connectivity index (χ0v) is 17.3. The summed E-state index contributed by atoms with van der Waals surface area (Å²) in [4.78, 5) is 36.9. The van der Waals surface area contributed by atoms with Crippen LogP contribution in [0.15, 0.2) is 41.5 Å². The molecule has 3 aromatic rings. The molecule has 2 heterocycles. The fraction of sp³-hybridized carbons (Fsp3) is 0.227. The van der Waals surface area contributed by atoms with Crippen molar-refractivity contribution in [2.24, 2.45) is 5.10 Å². The molecule has 9 heteroatoms. The highest BCUT2D eigenvalue weighted by Gasteiger charge is 2.34. The molecule has 1 aliphatic rings. The van der Waals surface area contributed by atoms with Crippen molar-refractivity contribution in [2.75, 3.05) is 13.7 Å². The van der Waals surface area contributed by atoms with E-state index in [9.17, 15) is 19.7 Å². The van der Waals surface area contributed by atoms with Crippen LogP contribution in [0.3, 0.4) is 0 Å². The van der Waals surface area contributed by atoms with Crippen LogP contribution in [0.2, 0.25) is 0 Å². The number of carbonyl (C=O) groups excluding carboxylic acids is 2. The van der Waals surface area contributed by atoms with Gasteiger partial charge in [0.2, 0.25) is 0 Å². The molecule has 2 amide bonds. The molecule has 0 spiro atoms. The highest BCUT2D eigenvalue weighted by molar-refractivity contribution is 6.26. The molecule has 2 aromatic carbocycles. The molecule has 4 rings (SSSR count). The smallest absolute Gasteiger partial charge is 0.282 e. The second-order valence-electron chi connectivity index (χ2n) is 7.26. The highest BCUT2D eigenvalue weighted by Crippen LogP contribution is 2.35. The first-order chi connectivity index (χ1) is 14.8. The van der Waals surface area contributed by atoms with E-state index in [1.165, 1.54) is 24.4 Å². The molecule has 158 valence electrons. The Morgan fingerprint density at radius 2 is 1.84 bits per heavy atom. The third kappa shape index (κ3) is 3.28. The van der Waals surface area contributed by atoms with Gasteiger partial charge in [0, 0.05) is 42.1 Å². The van der Waals surface area contributed by atoms with E-state index in [2.05, 4.69) is 9.67 Å². The van der Waals surface area contributed by atoms with Crippen molar-refractivity contribution in [1.29, 1.82) is 0 Å². The van der Waals surface area contributed by atoms with Gasteiger partial charge in [-0.25, -0.2) is 0 Å². The van der Waals surface area contributed by atoms with E-state index >= 15 is 0 Å². The molecule has 9 nitrogen and oxygen atoms in total. The molecule has 0 saturated heterocycles. The Morgan fingerprint density at radius 3 is 2.52 bits per heavy atom. The van der Waals surface area contributed by atoms with Gasteiger partial charge in [0.25, 0.3) is 17.5 Å². The monoisotopic (exact) mass is 420 g/mol. The van der Waals surface area contributed by atoms with E-state index in [-0.39, 0.29) is 27.6 Å². The lowest BCUT2D eigenvalue weighted by Crippen LogP contribution is -2.36. The number of benzene rings is 2. The summed E-state index contributed by atoms with van der Waals surface area (Å²) < 4.78 is 7.21. The van der Waals surface area contributed by atoms with Crippen LogP contribution in [0, 0.1) is 24.0 Å². The molecule has 0 radical (unpaired) electrons. The molecule has 0 saturated carbocycles. The quantitative estimate of drug-likeness (QED) is 0.263. The summed E-state index contributed by atoms with van der Waals surface area (Å²) in [6, 6.07) is 9.22. The van der Waals surface area contributed by atoms with Gasteiger partial charge in [-0.2, -0.15) is 10.1 Å². The van der Waals surface area contributed by atoms with Gasteiger partial charge < -0.3 is 9.30 Å². The van der Waals surface area contributed by atoms with Gasteiger partial charge in [0.05, 0.1) is 34.3 Å². The number of imide groups is 1. The standard InChI is InChI=1S/C22H20N4O5/c1-13-11-15(14(2)24(13)9-10-31-3)12-23-25-21(27)17-6-4-5-16-19(26(29)30)8-7-18(20(16)17)22(25)28/h4-8,11-12H,9-10H2,1-3H3. The van der Waals surface area contributed by atoms with Crippen molar-refractivity contribution >= 4 is 34.5 Å². The van der Waals surface area contributed by atoms with Crippen molar-refractivity contribution in [3.8, 4) is 0 Å². The average molecular weight is 420 g/mol. The number of aromatic nitrogens is 1. The molecule has 0 fully saturated rings. The number of aryl methyl sites for hydroxylation is 1. The van der Waals surface area contributed by atoms with Crippen molar-refractivity contribution in [1.82, 2.24) is 9.58 Å². The number of non-ortho nitro benzene ring substituents is 1. The summed E-state index contributed by atoms with van der Waals surface area (Å²) in [5, 5.41) is 16.9. The van der Waals surface area contributed by atoms with Crippen molar-refractivity contribution < 1.29 is 19.2 Å². The van der Waals surface area contributed by atoms with Crippen LogP contribution in [0.1, 0.15) is 37.7 Å². The van der Waals surface area contributed by atoms with E-state index in [1.54, 1.807) is 19.2 Å².